The summed E-state index contributed by atoms with van der Waals surface area (Å²) >= 11 is 0. The number of aliphatic hydroxyl groups is 1. The van der Waals surface area contributed by atoms with Crippen molar-refractivity contribution in [3.63, 3.8) is 0 Å². The summed E-state index contributed by atoms with van der Waals surface area (Å²) in [7, 11) is 0. The summed E-state index contributed by atoms with van der Waals surface area (Å²) < 4.78 is 38.1. The molecule has 0 aliphatic rings. The van der Waals surface area contributed by atoms with Crippen molar-refractivity contribution in [2.24, 2.45) is 5.73 Å². The first-order valence-electron chi connectivity index (χ1n) is 5.84. The van der Waals surface area contributed by atoms with Crippen LogP contribution in [0.4, 0.5) is 13.2 Å². The van der Waals surface area contributed by atoms with Crippen LogP contribution in [0.2, 0.25) is 0 Å². The van der Waals surface area contributed by atoms with Gasteiger partial charge in [-0.15, -0.1) is 0 Å². The molecule has 0 amide bonds. The van der Waals surface area contributed by atoms with E-state index in [-0.39, 0.29) is 6.54 Å². The van der Waals surface area contributed by atoms with E-state index >= 15 is 0 Å². The summed E-state index contributed by atoms with van der Waals surface area (Å²) in [5.74, 6) is 0. The Kier molecular flexibility index (Phi) is 4.75. The predicted octanol–water partition coefficient (Wildman–Crippen LogP) is 1.78. The Labute approximate surface area is 104 Å². The first-order chi connectivity index (χ1) is 8.30. The SMILES string of the molecule is CCC(O)(CN)CCCn1ccc(C(F)(F)F)n1. The molecule has 0 spiro atoms. The zero-order chi connectivity index (χ0) is 13.8. The van der Waals surface area contributed by atoms with Crippen LogP contribution < -0.4 is 5.73 Å². The summed E-state index contributed by atoms with van der Waals surface area (Å²) in [6.45, 7) is 2.30. The highest BCUT2D eigenvalue weighted by molar-refractivity contribution is 5.03. The number of hydrogen-bond donors (Lipinski definition) is 2. The van der Waals surface area contributed by atoms with Crippen molar-refractivity contribution in [1.29, 1.82) is 0 Å². The van der Waals surface area contributed by atoms with Gasteiger partial charge in [-0.1, -0.05) is 6.92 Å². The Bertz CT molecular complexity index is 372. The van der Waals surface area contributed by atoms with Crippen molar-refractivity contribution in [2.75, 3.05) is 6.54 Å². The molecule has 1 atom stereocenters. The second-order valence-corrected chi connectivity index (χ2v) is 4.35. The van der Waals surface area contributed by atoms with E-state index in [1.54, 1.807) is 0 Å². The monoisotopic (exact) mass is 265 g/mol. The molecule has 0 saturated carbocycles. The lowest BCUT2D eigenvalue weighted by molar-refractivity contribution is -0.141. The molecule has 0 bridgehead atoms. The molecule has 1 aromatic heterocycles. The molecule has 0 radical (unpaired) electrons. The summed E-state index contributed by atoms with van der Waals surface area (Å²) in [6, 6.07) is 0.939. The third-order valence-corrected chi connectivity index (χ3v) is 3.00. The molecule has 3 N–H and O–H groups in total. The van der Waals surface area contributed by atoms with E-state index in [4.69, 9.17) is 5.73 Å². The highest BCUT2D eigenvalue weighted by Gasteiger charge is 2.33. The molecule has 1 heterocycles. The van der Waals surface area contributed by atoms with Gasteiger partial charge in [-0.3, -0.25) is 4.68 Å². The van der Waals surface area contributed by atoms with Crippen LogP contribution in [0.15, 0.2) is 12.3 Å². The topological polar surface area (TPSA) is 64.1 Å². The van der Waals surface area contributed by atoms with Crippen LogP contribution >= 0.6 is 0 Å². The molecule has 4 nitrogen and oxygen atoms in total. The van der Waals surface area contributed by atoms with Gasteiger partial charge < -0.3 is 10.8 Å². The van der Waals surface area contributed by atoms with Gasteiger partial charge in [0.15, 0.2) is 5.69 Å². The molecule has 0 aliphatic heterocycles. The van der Waals surface area contributed by atoms with Gasteiger partial charge in [0.25, 0.3) is 0 Å². The molecule has 0 aromatic carbocycles. The van der Waals surface area contributed by atoms with E-state index < -0.39 is 17.5 Å². The number of nitrogens with zero attached hydrogens (tertiary/aromatic N) is 2. The standard InChI is InChI=1S/C11H18F3N3O/c1-2-10(18,8-15)5-3-6-17-7-4-9(16-17)11(12,13)14/h4,7,18H,2-3,5-6,8,15H2,1H3. The number of alkyl halides is 3. The van der Waals surface area contributed by atoms with E-state index in [0.29, 0.717) is 25.8 Å². The molecule has 1 aromatic rings. The molecule has 1 rings (SSSR count). The minimum atomic E-state index is -4.41. The summed E-state index contributed by atoms with van der Waals surface area (Å²) in [5, 5.41) is 13.3. The molecule has 0 fully saturated rings. The number of aromatic nitrogens is 2. The number of hydrogen-bond acceptors (Lipinski definition) is 3. The van der Waals surface area contributed by atoms with Crippen LogP contribution in [-0.2, 0) is 12.7 Å². The lowest BCUT2D eigenvalue weighted by atomic mass is 9.95. The molecule has 104 valence electrons. The Hall–Kier alpha value is -1.08. The number of aryl methyl sites for hydroxylation is 1. The fourth-order valence-corrected chi connectivity index (χ4v) is 1.63. The van der Waals surface area contributed by atoms with Gasteiger partial charge in [0, 0.05) is 19.3 Å². The van der Waals surface area contributed by atoms with Gasteiger partial charge in [-0.25, -0.2) is 0 Å². The molecule has 1 unspecified atom stereocenters. The van der Waals surface area contributed by atoms with Crippen molar-refractivity contribution in [3.05, 3.63) is 18.0 Å². The second-order valence-electron chi connectivity index (χ2n) is 4.35. The van der Waals surface area contributed by atoms with Crippen LogP contribution in [0.3, 0.4) is 0 Å². The molecule has 18 heavy (non-hydrogen) atoms. The first kappa shape index (κ1) is 15.0. The van der Waals surface area contributed by atoms with Crippen molar-refractivity contribution < 1.29 is 18.3 Å². The number of halogens is 3. The van der Waals surface area contributed by atoms with E-state index in [1.165, 1.54) is 10.9 Å². The van der Waals surface area contributed by atoms with E-state index in [1.807, 2.05) is 6.92 Å². The molecule has 7 heteroatoms. The normalized spacial score (nSPS) is 15.7. The Morgan fingerprint density at radius 1 is 1.44 bits per heavy atom. The zero-order valence-corrected chi connectivity index (χ0v) is 10.2. The van der Waals surface area contributed by atoms with E-state index in [0.717, 1.165) is 6.07 Å². The van der Waals surface area contributed by atoms with Crippen LogP contribution in [0.1, 0.15) is 31.9 Å². The van der Waals surface area contributed by atoms with Crippen molar-refractivity contribution in [2.45, 2.75) is 44.5 Å². The van der Waals surface area contributed by atoms with E-state index in [2.05, 4.69) is 5.10 Å². The maximum Gasteiger partial charge on any atom is 0.435 e. The summed E-state index contributed by atoms with van der Waals surface area (Å²) in [6.07, 6.45) is -1.62. The predicted molar refractivity (Wildman–Crippen MR) is 60.8 cm³/mol. The van der Waals surface area contributed by atoms with Gasteiger partial charge in [0.05, 0.1) is 5.60 Å². The zero-order valence-electron chi connectivity index (χ0n) is 10.2. The van der Waals surface area contributed by atoms with Gasteiger partial charge in [-0.05, 0) is 25.3 Å². The Balaban J connectivity index is 2.48. The van der Waals surface area contributed by atoms with Crippen LogP contribution in [-0.4, -0.2) is 27.0 Å². The highest BCUT2D eigenvalue weighted by Crippen LogP contribution is 2.27. The maximum atomic E-state index is 12.3. The fraction of sp³-hybridized carbons (Fsp3) is 0.727. The number of nitrogens with two attached hydrogens (primary N) is 1. The minimum absolute atomic E-state index is 0.149. The number of rotatable bonds is 6. The van der Waals surface area contributed by atoms with Crippen molar-refractivity contribution in [1.82, 2.24) is 9.78 Å². The quantitative estimate of drug-likeness (QED) is 0.824. The highest BCUT2D eigenvalue weighted by atomic mass is 19.4. The van der Waals surface area contributed by atoms with Crippen LogP contribution in [0, 0.1) is 0 Å². The lowest BCUT2D eigenvalue weighted by Crippen LogP contribution is -2.37. The second kappa shape index (κ2) is 5.71. The third-order valence-electron chi connectivity index (χ3n) is 3.00. The molecular formula is C11H18F3N3O. The summed E-state index contributed by atoms with van der Waals surface area (Å²) in [5.41, 5.74) is 3.61. The van der Waals surface area contributed by atoms with Gasteiger partial charge in [0.2, 0.25) is 0 Å². The first-order valence-corrected chi connectivity index (χ1v) is 5.84. The molecule has 0 aliphatic carbocycles. The lowest BCUT2D eigenvalue weighted by Gasteiger charge is -2.24. The smallest absolute Gasteiger partial charge is 0.389 e. The molecule has 0 saturated heterocycles. The Morgan fingerprint density at radius 3 is 2.56 bits per heavy atom. The third kappa shape index (κ3) is 3.99. The van der Waals surface area contributed by atoms with Crippen LogP contribution in [0.25, 0.3) is 0 Å². The average Bonchev–Trinajstić information content (AvgIpc) is 2.77. The fourth-order valence-electron chi connectivity index (χ4n) is 1.63. The van der Waals surface area contributed by atoms with Gasteiger partial charge >= 0.3 is 6.18 Å². The minimum Gasteiger partial charge on any atom is -0.389 e. The van der Waals surface area contributed by atoms with E-state index in [9.17, 15) is 18.3 Å². The largest absolute Gasteiger partial charge is 0.435 e. The van der Waals surface area contributed by atoms with Gasteiger partial charge in [0.1, 0.15) is 0 Å². The maximum absolute atomic E-state index is 12.3. The van der Waals surface area contributed by atoms with Gasteiger partial charge in [-0.2, -0.15) is 18.3 Å². The molecular weight excluding hydrogens is 247 g/mol. The van der Waals surface area contributed by atoms with Crippen molar-refractivity contribution in [3.8, 4) is 0 Å². The van der Waals surface area contributed by atoms with Crippen molar-refractivity contribution >= 4 is 0 Å². The summed E-state index contributed by atoms with van der Waals surface area (Å²) in [4.78, 5) is 0. The average molecular weight is 265 g/mol. The Morgan fingerprint density at radius 2 is 2.11 bits per heavy atom. The van der Waals surface area contributed by atoms with Crippen LogP contribution in [0.5, 0.6) is 0 Å².